The van der Waals surface area contributed by atoms with Gasteiger partial charge < -0.3 is 4.74 Å². The Morgan fingerprint density at radius 3 is 2.05 bits per heavy atom. The lowest BCUT2D eigenvalue weighted by molar-refractivity contribution is 0.222. The first kappa shape index (κ1) is 16.9. The van der Waals surface area contributed by atoms with E-state index in [1.807, 2.05) is 0 Å². The normalized spacial score (nSPS) is 24.0. The summed E-state index contributed by atoms with van der Waals surface area (Å²) in [4.78, 5) is 0.111. The monoisotopic (exact) mass is 351 g/mol. The summed E-state index contributed by atoms with van der Waals surface area (Å²) < 4.78 is 32.1. The Hall–Kier alpha value is -0.490. The Labute approximate surface area is 136 Å². The maximum absolute atomic E-state index is 12.8. The van der Waals surface area contributed by atoms with Crippen LogP contribution in [0.4, 0.5) is 0 Å². The fourth-order valence-electron chi connectivity index (χ4n) is 2.83. The van der Waals surface area contributed by atoms with E-state index in [0.717, 1.165) is 6.42 Å². The van der Waals surface area contributed by atoms with Crippen LogP contribution in [0.1, 0.15) is 20.3 Å². The number of halogens is 2. The van der Waals surface area contributed by atoms with Crippen molar-refractivity contribution >= 4 is 33.2 Å². The number of hydrogen-bond donors (Lipinski definition) is 0. The van der Waals surface area contributed by atoms with Crippen molar-refractivity contribution in [3.05, 3.63) is 22.2 Å². The number of nitrogens with zero attached hydrogens (tertiary/aromatic N) is 1. The molecule has 7 heteroatoms. The molecule has 1 saturated heterocycles. The molecule has 4 nitrogen and oxygen atoms in total. The van der Waals surface area contributed by atoms with E-state index in [0.29, 0.717) is 24.9 Å². The predicted molar refractivity (Wildman–Crippen MR) is 84.7 cm³/mol. The Kier molecular flexibility index (Phi) is 5.08. The smallest absolute Gasteiger partial charge is 0.243 e. The fraction of sp³-hybridized carbons (Fsp3) is 0.571. The van der Waals surface area contributed by atoms with Gasteiger partial charge in [0.05, 0.1) is 22.1 Å². The molecule has 2 unspecified atom stereocenters. The summed E-state index contributed by atoms with van der Waals surface area (Å²) in [5.74, 6) is 0.970. The van der Waals surface area contributed by atoms with E-state index in [9.17, 15) is 8.42 Å². The summed E-state index contributed by atoms with van der Waals surface area (Å²) in [5, 5.41) is 0.392. The molecule has 0 aliphatic carbocycles. The average molecular weight is 352 g/mol. The zero-order valence-electron chi connectivity index (χ0n) is 12.3. The van der Waals surface area contributed by atoms with Gasteiger partial charge in [0.25, 0.3) is 0 Å². The summed E-state index contributed by atoms with van der Waals surface area (Å²) in [7, 11) is -2.15. The zero-order chi connectivity index (χ0) is 15.8. The average Bonchev–Trinajstić information content (AvgIpc) is 2.37. The Morgan fingerprint density at radius 1 is 1.14 bits per heavy atom. The summed E-state index contributed by atoms with van der Waals surface area (Å²) >= 11 is 12.1. The van der Waals surface area contributed by atoms with E-state index >= 15 is 0 Å². The quantitative estimate of drug-likeness (QED) is 0.834. The van der Waals surface area contributed by atoms with Crippen LogP contribution in [0.25, 0.3) is 0 Å². The third kappa shape index (κ3) is 3.47. The maximum atomic E-state index is 12.8. The summed E-state index contributed by atoms with van der Waals surface area (Å²) in [5.41, 5.74) is 0. The Morgan fingerprint density at radius 2 is 1.62 bits per heavy atom. The van der Waals surface area contributed by atoms with Gasteiger partial charge in [-0.3, -0.25) is 0 Å². The molecule has 1 aliphatic rings. The molecule has 2 atom stereocenters. The van der Waals surface area contributed by atoms with Crippen LogP contribution < -0.4 is 4.74 Å². The van der Waals surface area contributed by atoms with E-state index in [2.05, 4.69) is 13.8 Å². The van der Waals surface area contributed by atoms with Crippen molar-refractivity contribution in [3.63, 3.8) is 0 Å². The second-order valence-corrected chi connectivity index (χ2v) is 8.44. The summed E-state index contributed by atoms with van der Waals surface area (Å²) in [6.07, 6.45) is 1.04. The number of piperidine rings is 1. The van der Waals surface area contributed by atoms with Crippen LogP contribution in [-0.4, -0.2) is 32.9 Å². The van der Waals surface area contributed by atoms with Gasteiger partial charge in [-0.2, -0.15) is 4.31 Å². The lowest BCUT2D eigenvalue weighted by atomic mass is 9.94. The van der Waals surface area contributed by atoms with Gasteiger partial charge in [0.1, 0.15) is 0 Å². The van der Waals surface area contributed by atoms with E-state index < -0.39 is 10.0 Å². The van der Waals surface area contributed by atoms with Crippen LogP contribution in [0.2, 0.25) is 10.0 Å². The molecule has 1 aromatic carbocycles. The van der Waals surface area contributed by atoms with E-state index in [1.165, 1.54) is 23.5 Å². The molecule has 1 fully saturated rings. The van der Waals surface area contributed by atoms with Gasteiger partial charge in [0, 0.05) is 13.1 Å². The van der Waals surface area contributed by atoms with Crippen molar-refractivity contribution < 1.29 is 13.2 Å². The molecule has 0 radical (unpaired) electrons. The van der Waals surface area contributed by atoms with E-state index in [4.69, 9.17) is 27.9 Å². The van der Waals surface area contributed by atoms with Gasteiger partial charge in [0.2, 0.25) is 10.0 Å². The van der Waals surface area contributed by atoms with Crippen molar-refractivity contribution in [3.8, 4) is 5.75 Å². The van der Waals surface area contributed by atoms with Crippen molar-refractivity contribution in [1.29, 1.82) is 0 Å². The van der Waals surface area contributed by atoms with Crippen molar-refractivity contribution in [1.82, 2.24) is 4.31 Å². The molecule has 0 aromatic heterocycles. The Balaban J connectivity index is 2.40. The molecule has 118 valence electrons. The van der Waals surface area contributed by atoms with Gasteiger partial charge in [-0.05, 0) is 30.4 Å². The minimum Gasteiger partial charge on any atom is -0.494 e. The number of sulfonamides is 1. The third-order valence-electron chi connectivity index (χ3n) is 3.65. The van der Waals surface area contributed by atoms with Crippen LogP contribution >= 0.6 is 23.2 Å². The van der Waals surface area contributed by atoms with Crippen LogP contribution in [0.5, 0.6) is 5.75 Å². The van der Waals surface area contributed by atoms with Gasteiger partial charge in [-0.1, -0.05) is 37.0 Å². The van der Waals surface area contributed by atoms with Crippen molar-refractivity contribution in [2.75, 3.05) is 20.2 Å². The molecule has 0 amide bonds. The highest BCUT2D eigenvalue weighted by molar-refractivity contribution is 7.89. The molecule has 21 heavy (non-hydrogen) atoms. The topological polar surface area (TPSA) is 46.6 Å². The number of rotatable bonds is 3. The first-order valence-electron chi connectivity index (χ1n) is 6.79. The minimum absolute atomic E-state index is 0.111. The second-order valence-electron chi connectivity index (χ2n) is 5.69. The summed E-state index contributed by atoms with van der Waals surface area (Å²) in [6, 6.07) is 2.79. The molecule has 1 aliphatic heterocycles. The van der Waals surface area contributed by atoms with E-state index in [1.54, 1.807) is 0 Å². The van der Waals surface area contributed by atoms with E-state index in [-0.39, 0.29) is 20.7 Å². The number of ether oxygens (including phenoxy) is 1. The first-order valence-corrected chi connectivity index (χ1v) is 8.98. The highest BCUT2D eigenvalue weighted by Gasteiger charge is 2.32. The molecule has 0 N–H and O–H groups in total. The number of hydrogen-bond acceptors (Lipinski definition) is 3. The minimum atomic E-state index is -3.59. The van der Waals surface area contributed by atoms with Crippen LogP contribution in [-0.2, 0) is 10.0 Å². The predicted octanol–water partition coefficient (Wildman–Crippen LogP) is 3.67. The van der Waals surface area contributed by atoms with Gasteiger partial charge in [0.15, 0.2) is 5.75 Å². The maximum Gasteiger partial charge on any atom is 0.243 e. The molecule has 2 rings (SSSR count). The molecular formula is C14H19Cl2NO3S. The SMILES string of the molecule is COc1c(Cl)cc(S(=O)(=O)N2CC(C)CC(C)C2)cc1Cl. The molecule has 1 aromatic rings. The molecular weight excluding hydrogens is 333 g/mol. The van der Waals surface area contributed by atoms with Crippen molar-refractivity contribution in [2.24, 2.45) is 11.8 Å². The van der Waals surface area contributed by atoms with Crippen molar-refractivity contribution in [2.45, 2.75) is 25.2 Å². The lowest BCUT2D eigenvalue weighted by Crippen LogP contribution is -2.42. The fourth-order valence-corrected chi connectivity index (χ4v) is 5.34. The van der Waals surface area contributed by atoms with Crippen LogP contribution in [0.15, 0.2) is 17.0 Å². The number of benzene rings is 1. The van der Waals surface area contributed by atoms with Gasteiger partial charge in [-0.25, -0.2) is 8.42 Å². The zero-order valence-corrected chi connectivity index (χ0v) is 14.6. The largest absolute Gasteiger partial charge is 0.494 e. The van der Waals surface area contributed by atoms with Crippen LogP contribution in [0.3, 0.4) is 0 Å². The molecule has 0 saturated carbocycles. The summed E-state index contributed by atoms with van der Waals surface area (Å²) in [6.45, 7) is 5.17. The lowest BCUT2D eigenvalue weighted by Gasteiger charge is -2.34. The Bertz CT molecular complexity index is 600. The third-order valence-corrected chi connectivity index (χ3v) is 6.02. The molecule has 1 heterocycles. The number of methoxy groups -OCH3 is 1. The second kappa shape index (κ2) is 6.32. The first-order chi connectivity index (χ1) is 9.75. The molecule has 0 bridgehead atoms. The van der Waals surface area contributed by atoms with Gasteiger partial charge >= 0.3 is 0 Å². The highest BCUT2D eigenvalue weighted by Crippen LogP contribution is 2.36. The van der Waals surface area contributed by atoms with Crippen LogP contribution in [0, 0.1) is 11.8 Å². The van der Waals surface area contributed by atoms with Gasteiger partial charge in [-0.15, -0.1) is 0 Å². The highest BCUT2D eigenvalue weighted by atomic mass is 35.5. The standard InChI is InChI=1S/C14H19Cl2NO3S/c1-9-4-10(2)8-17(7-9)21(18,19)11-5-12(15)14(20-3)13(16)6-11/h5-6,9-10H,4,7-8H2,1-3H3. The molecule has 0 spiro atoms.